The van der Waals surface area contributed by atoms with Crippen LogP contribution in [0.5, 0.6) is 0 Å². The number of aromatic nitrogens is 1. The van der Waals surface area contributed by atoms with Gasteiger partial charge in [0.15, 0.2) is 12.4 Å². The van der Waals surface area contributed by atoms with E-state index in [4.69, 9.17) is 9.72 Å². The second-order valence-electron chi connectivity index (χ2n) is 9.99. The normalized spacial score (nSPS) is 11.0. The first-order valence-corrected chi connectivity index (χ1v) is 13.8. The van der Waals surface area contributed by atoms with Crippen molar-refractivity contribution in [3.63, 3.8) is 0 Å². The number of aryl methyl sites for hydroxylation is 3. The van der Waals surface area contributed by atoms with Crippen molar-refractivity contribution in [3.8, 4) is 11.3 Å². The Morgan fingerprint density at radius 1 is 0.789 bits per heavy atom. The van der Waals surface area contributed by atoms with Gasteiger partial charge in [-0.25, -0.2) is 9.78 Å². The number of nitrogens with zero attached hydrogens (tertiary/aromatic N) is 1. The van der Waals surface area contributed by atoms with Crippen LogP contribution in [0.25, 0.3) is 22.2 Å². The summed E-state index contributed by atoms with van der Waals surface area (Å²) in [6.07, 6.45) is 8.29. The summed E-state index contributed by atoms with van der Waals surface area (Å²) in [4.78, 5) is 30.7. The highest BCUT2D eigenvalue weighted by Crippen LogP contribution is 2.27. The molecule has 1 heterocycles. The van der Waals surface area contributed by atoms with E-state index in [1.54, 1.807) is 18.2 Å². The summed E-state index contributed by atoms with van der Waals surface area (Å²) in [6, 6.07) is 23.5. The topological polar surface area (TPSA) is 56.3 Å². The maximum atomic E-state index is 13.2. The molecule has 0 bridgehead atoms. The van der Waals surface area contributed by atoms with E-state index < -0.39 is 5.97 Å². The van der Waals surface area contributed by atoms with Crippen LogP contribution in [0.4, 0.5) is 0 Å². The van der Waals surface area contributed by atoms with Crippen LogP contribution in [-0.2, 0) is 17.6 Å². The molecule has 38 heavy (non-hydrogen) atoms. The third-order valence-corrected chi connectivity index (χ3v) is 7.02. The average molecular weight is 508 g/mol. The number of esters is 1. The number of unbranched alkanes of at least 4 members (excludes halogenated alkanes) is 4. The lowest BCUT2D eigenvalue weighted by Crippen LogP contribution is -2.15. The number of hydrogen-bond donors (Lipinski definition) is 0. The van der Waals surface area contributed by atoms with Gasteiger partial charge in [0.2, 0.25) is 0 Å². The van der Waals surface area contributed by atoms with E-state index in [9.17, 15) is 9.59 Å². The molecular formula is C34H37NO3. The van der Waals surface area contributed by atoms with Crippen molar-refractivity contribution < 1.29 is 14.3 Å². The SMILES string of the molecule is CCCCCCCc1ccc(-c2cc(C(=O)OCC(=O)c3ccc(CC)cc3)c3cc(C)ccc3n2)cc1. The second-order valence-corrected chi connectivity index (χ2v) is 9.99. The first-order valence-electron chi connectivity index (χ1n) is 13.8. The van der Waals surface area contributed by atoms with Crippen molar-refractivity contribution >= 4 is 22.7 Å². The molecule has 4 aromatic rings. The second kappa shape index (κ2) is 13.1. The summed E-state index contributed by atoms with van der Waals surface area (Å²) in [6.45, 7) is 5.98. The molecule has 4 rings (SSSR count). The number of pyridine rings is 1. The van der Waals surface area contributed by atoms with Gasteiger partial charge in [-0.2, -0.15) is 0 Å². The zero-order valence-electron chi connectivity index (χ0n) is 22.8. The molecule has 0 aliphatic carbocycles. The molecular weight excluding hydrogens is 470 g/mol. The standard InChI is InChI=1S/C34H37NO3/c1-4-6-7-8-9-10-26-14-16-27(17-15-26)32-22-30(29-21-24(3)11-20-31(29)35-32)34(37)38-23-33(36)28-18-12-25(5-2)13-19-28/h11-22H,4-10,23H2,1-3H3. The van der Waals surface area contributed by atoms with Crippen LogP contribution in [-0.4, -0.2) is 23.3 Å². The van der Waals surface area contributed by atoms with Gasteiger partial charge in [-0.3, -0.25) is 4.79 Å². The predicted molar refractivity (Wildman–Crippen MR) is 155 cm³/mol. The monoisotopic (exact) mass is 507 g/mol. The molecule has 0 aliphatic rings. The molecule has 4 heteroatoms. The summed E-state index contributed by atoms with van der Waals surface area (Å²) in [7, 11) is 0. The molecule has 3 aromatic carbocycles. The fourth-order valence-electron chi connectivity index (χ4n) is 4.65. The molecule has 0 saturated heterocycles. The van der Waals surface area contributed by atoms with Gasteiger partial charge in [-0.1, -0.05) is 99.7 Å². The van der Waals surface area contributed by atoms with Gasteiger partial charge in [0.25, 0.3) is 0 Å². The number of Topliss-reactive ketones (excluding diaryl/α,β-unsaturated/α-hetero) is 1. The van der Waals surface area contributed by atoms with Gasteiger partial charge in [0.05, 0.1) is 16.8 Å². The molecule has 4 nitrogen and oxygen atoms in total. The third-order valence-electron chi connectivity index (χ3n) is 7.02. The van der Waals surface area contributed by atoms with Gasteiger partial charge < -0.3 is 4.74 Å². The van der Waals surface area contributed by atoms with Crippen molar-refractivity contribution in [2.45, 2.75) is 65.7 Å². The number of ether oxygens (including phenoxy) is 1. The lowest BCUT2D eigenvalue weighted by molar-refractivity contribution is 0.0476. The number of fused-ring (bicyclic) bond motifs is 1. The fraction of sp³-hybridized carbons (Fsp3) is 0.324. The average Bonchev–Trinajstić information content (AvgIpc) is 2.95. The Kier molecular flexibility index (Phi) is 9.42. The molecule has 1 aromatic heterocycles. The van der Waals surface area contributed by atoms with Crippen LogP contribution in [0.3, 0.4) is 0 Å². The Hall–Kier alpha value is -3.79. The summed E-state index contributed by atoms with van der Waals surface area (Å²) in [5.41, 5.74) is 6.83. The Bertz CT molecular complexity index is 1390. The van der Waals surface area contributed by atoms with Crippen molar-refractivity contribution in [2.24, 2.45) is 0 Å². The highest BCUT2D eigenvalue weighted by atomic mass is 16.5. The van der Waals surface area contributed by atoms with Crippen LogP contribution < -0.4 is 0 Å². The van der Waals surface area contributed by atoms with E-state index in [-0.39, 0.29) is 12.4 Å². The maximum absolute atomic E-state index is 13.2. The van der Waals surface area contributed by atoms with Crippen molar-refractivity contribution in [1.82, 2.24) is 4.98 Å². The zero-order valence-corrected chi connectivity index (χ0v) is 22.8. The number of carbonyl (C=O) groups is 2. The molecule has 0 spiro atoms. The fourth-order valence-corrected chi connectivity index (χ4v) is 4.65. The third kappa shape index (κ3) is 6.95. The Balaban J connectivity index is 1.52. The van der Waals surface area contributed by atoms with Crippen LogP contribution >= 0.6 is 0 Å². The minimum Gasteiger partial charge on any atom is -0.454 e. The molecule has 0 aliphatic heterocycles. The first kappa shape index (κ1) is 27.3. The van der Waals surface area contributed by atoms with Gasteiger partial charge in [0, 0.05) is 16.5 Å². The van der Waals surface area contributed by atoms with Gasteiger partial charge in [0.1, 0.15) is 0 Å². The van der Waals surface area contributed by atoms with Crippen LogP contribution in [0.15, 0.2) is 72.8 Å². The van der Waals surface area contributed by atoms with E-state index in [2.05, 4.69) is 38.1 Å². The summed E-state index contributed by atoms with van der Waals surface area (Å²) in [5.74, 6) is -0.743. The van der Waals surface area contributed by atoms with E-state index in [0.717, 1.165) is 40.4 Å². The summed E-state index contributed by atoms with van der Waals surface area (Å²) < 4.78 is 5.51. The smallest absolute Gasteiger partial charge is 0.339 e. The lowest BCUT2D eigenvalue weighted by Gasteiger charge is -2.11. The molecule has 0 fully saturated rings. The van der Waals surface area contributed by atoms with Gasteiger partial charge in [-0.05, 0) is 55.5 Å². The number of hydrogen-bond acceptors (Lipinski definition) is 4. The minimum absolute atomic E-state index is 0.221. The number of ketones is 1. The number of benzene rings is 3. The van der Waals surface area contributed by atoms with Crippen molar-refractivity contribution in [3.05, 3.63) is 101 Å². The van der Waals surface area contributed by atoms with Crippen molar-refractivity contribution in [1.29, 1.82) is 0 Å². The highest BCUT2D eigenvalue weighted by molar-refractivity contribution is 6.06. The lowest BCUT2D eigenvalue weighted by atomic mass is 10.0. The van der Waals surface area contributed by atoms with E-state index in [0.29, 0.717) is 16.8 Å². The molecule has 196 valence electrons. The van der Waals surface area contributed by atoms with E-state index in [1.807, 2.05) is 37.3 Å². The van der Waals surface area contributed by atoms with E-state index in [1.165, 1.54) is 37.7 Å². The van der Waals surface area contributed by atoms with Crippen LogP contribution in [0.2, 0.25) is 0 Å². The predicted octanol–water partition coefficient (Wildman–Crippen LogP) is 8.33. The molecule has 0 atom stereocenters. The Morgan fingerprint density at radius 3 is 2.21 bits per heavy atom. The number of carbonyl (C=O) groups excluding carboxylic acids is 2. The van der Waals surface area contributed by atoms with Crippen LogP contribution in [0.1, 0.15) is 83.4 Å². The van der Waals surface area contributed by atoms with Gasteiger partial charge in [-0.15, -0.1) is 0 Å². The van der Waals surface area contributed by atoms with Crippen LogP contribution in [0, 0.1) is 6.92 Å². The number of rotatable bonds is 12. The summed E-state index contributed by atoms with van der Waals surface area (Å²) in [5, 5.41) is 0.724. The van der Waals surface area contributed by atoms with Gasteiger partial charge >= 0.3 is 5.97 Å². The maximum Gasteiger partial charge on any atom is 0.339 e. The highest BCUT2D eigenvalue weighted by Gasteiger charge is 2.18. The molecule has 0 amide bonds. The molecule has 0 unspecified atom stereocenters. The summed E-state index contributed by atoms with van der Waals surface area (Å²) >= 11 is 0. The quantitative estimate of drug-likeness (QED) is 0.110. The first-order chi connectivity index (χ1) is 18.5. The van der Waals surface area contributed by atoms with E-state index >= 15 is 0 Å². The molecule has 0 saturated carbocycles. The Morgan fingerprint density at radius 2 is 1.50 bits per heavy atom. The molecule has 0 radical (unpaired) electrons. The van der Waals surface area contributed by atoms with Crippen molar-refractivity contribution in [2.75, 3.05) is 6.61 Å². The molecule has 0 N–H and O–H groups in total. The largest absolute Gasteiger partial charge is 0.454 e. The minimum atomic E-state index is -0.522. The zero-order chi connectivity index (χ0) is 26.9. The Labute approximate surface area is 226 Å².